The van der Waals surface area contributed by atoms with Crippen molar-refractivity contribution in [3.05, 3.63) is 12.2 Å². The van der Waals surface area contributed by atoms with Gasteiger partial charge in [0.15, 0.2) is 0 Å². The Bertz CT molecular complexity index is 1420. The lowest BCUT2D eigenvalue weighted by Crippen LogP contribution is -2.45. The molecule has 1 amide bonds. The second kappa shape index (κ2) is 83.0. The zero-order chi connectivity index (χ0) is 67.0. The van der Waals surface area contributed by atoms with Crippen molar-refractivity contribution in [2.24, 2.45) is 0 Å². The molecular weight excluding hydrogens is 1140 g/mol. The van der Waals surface area contributed by atoms with E-state index in [4.69, 9.17) is 4.74 Å². The van der Waals surface area contributed by atoms with Crippen LogP contribution < -0.4 is 5.32 Å². The van der Waals surface area contributed by atoms with Crippen LogP contribution in [0, 0.1) is 0 Å². The summed E-state index contributed by atoms with van der Waals surface area (Å²) in [6.07, 6.45) is 107. The largest absolute Gasteiger partial charge is 0.466 e. The molecule has 0 aromatic rings. The summed E-state index contributed by atoms with van der Waals surface area (Å²) in [6, 6.07) is -0.625. The molecule has 0 aliphatic rings. The van der Waals surface area contributed by atoms with Gasteiger partial charge in [0, 0.05) is 12.8 Å². The monoisotopic (exact) mass is 1310 g/mol. The van der Waals surface area contributed by atoms with E-state index in [0.29, 0.717) is 19.4 Å². The summed E-state index contributed by atoms with van der Waals surface area (Å²) in [4.78, 5) is 24.7. The van der Waals surface area contributed by atoms with E-state index in [1.807, 2.05) is 6.08 Å². The molecule has 2 atom stereocenters. The number of ether oxygens (including phenoxy) is 1. The van der Waals surface area contributed by atoms with E-state index in [0.717, 1.165) is 38.5 Å². The Morgan fingerprint density at radius 2 is 0.495 bits per heavy atom. The maximum atomic E-state index is 12.6. The predicted octanol–water partition coefficient (Wildman–Crippen LogP) is 29.0. The molecule has 0 spiro atoms. The smallest absolute Gasteiger partial charge is 0.305 e. The molecule has 0 rings (SSSR count). The highest BCUT2D eigenvalue weighted by atomic mass is 16.5. The molecule has 0 aliphatic carbocycles. The van der Waals surface area contributed by atoms with Gasteiger partial charge in [0.2, 0.25) is 5.91 Å². The molecule has 6 heteroatoms. The van der Waals surface area contributed by atoms with E-state index in [9.17, 15) is 19.8 Å². The fourth-order valence-corrected chi connectivity index (χ4v) is 14.2. The van der Waals surface area contributed by atoms with E-state index in [1.54, 1.807) is 6.08 Å². The van der Waals surface area contributed by atoms with Crippen LogP contribution in [0.15, 0.2) is 12.2 Å². The van der Waals surface area contributed by atoms with Crippen LogP contribution in [0.5, 0.6) is 0 Å². The maximum absolute atomic E-state index is 12.6. The molecule has 0 saturated heterocycles. The van der Waals surface area contributed by atoms with Crippen LogP contribution in [-0.4, -0.2) is 47.4 Å². The summed E-state index contributed by atoms with van der Waals surface area (Å²) in [7, 11) is 0. The van der Waals surface area contributed by atoms with E-state index in [2.05, 4.69) is 19.2 Å². The summed E-state index contributed by atoms with van der Waals surface area (Å²) >= 11 is 0. The van der Waals surface area contributed by atoms with Crippen LogP contribution in [0.4, 0.5) is 0 Å². The Balaban J connectivity index is 3.32. The number of hydrogen-bond acceptors (Lipinski definition) is 5. The lowest BCUT2D eigenvalue weighted by molar-refractivity contribution is -0.143. The minimum Gasteiger partial charge on any atom is -0.466 e. The van der Waals surface area contributed by atoms with Gasteiger partial charge in [-0.1, -0.05) is 475 Å². The molecule has 0 aliphatic heterocycles. The van der Waals surface area contributed by atoms with Gasteiger partial charge in [-0.2, -0.15) is 0 Å². The van der Waals surface area contributed by atoms with Gasteiger partial charge in [0.1, 0.15) is 0 Å². The van der Waals surface area contributed by atoms with Crippen molar-refractivity contribution in [1.29, 1.82) is 0 Å². The summed E-state index contributed by atoms with van der Waals surface area (Å²) in [5.74, 6) is -0.0283. The van der Waals surface area contributed by atoms with E-state index in [1.165, 1.54) is 443 Å². The summed E-state index contributed by atoms with van der Waals surface area (Å²) in [5, 5.41) is 23.3. The molecular formula is C87H171NO5. The summed E-state index contributed by atoms with van der Waals surface area (Å²) in [5.41, 5.74) is 0. The fraction of sp³-hybridized carbons (Fsp3) is 0.954. The fourth-order valence-electron chi connectivity index (χ4n) is 14.2. The second-order valence-corrected chi connectivity index (χ2v) is 30.2. The molecule has 6 nitrogen and oxygen atoms in total. The van der Waals surface area contributed by atoms with Crippen LogP contribution in [0.2, 0.25) is 0 Å². The average Bonchev–Trinajstić information content (AvgIpc) is 3.78. The molecule has 0 saturated carbocycles. The molecule has 0 aromatic carbocycles. The van der Waals surface area contributed by atoms with Crippen molar-refractivity contribution < 1.29 is 24.5 Å². The number of unbranched alkanes of at least 4 members (excludes halogenated alkanes) is 72. The molecule has 0 aromatic heterocycles. The second-order valence-electron chi connectivity index (χ2n) is 30.2. The number of esters is 1. The number of carbonyl (C=O) groups is 2. The standard InChI is InChI=1S/C87H171NO5/c1-3-5-7-9-11-13-15-17-19-21-23-24-38-41-44-47-51-55-59-63-67-71-75-79-85(90)84(83-89)88-86(91)80-76-72-68-64-60-56-52-48-45-42-39-36-34-32-30-28-26-25-27-29-31-33-35-37-40-43-46-50-54-58-62-66-70-74-78-82-93-87(92)81-77-73-69-65-61-57-53-49-22-20-18-16-14-12-10-8-6-4-2/h75,79,84-85,89-90H,3-74,76-78,80-83H2,1-2H3,(H,88,91)/b79-75+. The van der Waals surface area contributed by atoms with Crippen LogP contribution in [0.1, 0.15) is 508 Å². The number of hydrogen-bond donors (Lipinski definition) is 3. The number of allylic oxidation sites excluding steroid dienone is 1. The third-order valence-corrected chi connectivity index (χ3v) is 20.8. The van der Waals surface area contributed by atoms with Gasteiger partial charge in [-0.15, -0.1) is 0 Å². The van der Waals surface area contributed by atoms with Crippen LogP contribution in [0.3, 0.4) is 0 Å². The molecule has 0 fully saturated rings. The van der Waals surface area contributed by atoms with Gasteiger partial charge in [-0.25, -0.2) is 0 Å². The first kappa shape index (κ1) is 91.6. The van der Waals surface area contributed by atoms with E-state index >= 15 is 0 Å². The van der Waals surface area contributed by atoms with Crippen molar-refractivity contribution in [3.63, 3.8) is 0 Å². The number of aliphatic hydroxyl groups is 2. The Kier molecular flexibility index (Phi) is 81.8. The molecule has 0 heterocycles. The van der Waals surface area contributed by atoms with Gasteiger partial charge in [0.05, 0.1) is 25.4 Å². The molecule has 2 unspecified atom stereocenters. The van der Waals surface area contributed by atoms with Crippen molar-refractivity contribution in [2.75, 3.05) is 13.2 Å². The molecule has 554 valence electrons. The van der Waals surface area contributed by atoms with Crippen molar-refractivity contribution in [2.45, 2.75) is 520 Å². The van der Waals surface area contributed by atoms with Crippen LogP contribution in [-0.2, 0) is 14.3 Å². The average molecular weight is 1310 g/mol. The maximum Gasteiger partial charge on any atom is 0.305 e. The number of amides is 1. The topological polar surface area (TPSA) is 95.9 Å². The number of rotatable bonds is 83. The minimum absolute atomic E-state index is 0.0283. The zero-order valence-electron chi connectivity index (χ0n) is 63.8. The molecule has 3 N–H and O–H groups in total. The van der Waals surface area contributed by atoms with Gasteiger partial charge >= 0.3 is 5.97 Å². The lowest BCUT2D eigenvalue weighted by Gasteiger charge is -2.20. The quantitative estimate of drug-likeness (QED) is 0.0320. The number of carbonyl (C=O) groups excluding carboxylic acids is 2. The zero-order valence-corrected chi connectivity index (χ0v) is 63.8. The van der Waals surface area contributed by atoms with Gasteiger partial charge in [-0.3, -0.25) is 9.59 Å². The highest BCUT2D eigenvalue weighted by Crippen LogP contribution is 2.21. The van der Waals surface area contributed by atoms with Gasteiger partial charge in [0.25, 0.3) is 0 Å². The van der Waals surface area contributed by atoms with Gasteiger partial charge in [-0.05, 0) is 32.1 Å². The summed E-state index contributed by atoms with van der Waals surface area (Å²) in [6.45, 7) is 4.98. The third kappa shape index (κ3) is 79.5. The Morgan fingerprint density at radius 3 is 0.731 bits per heavy atom. The third-order valence-electron chi connectivity index (χ3n) is 20.8. The highest BCUT2D eigenvalue weighted by Gasteiger charge is 2.18. The van der Waals surface area contributed by atoms with E-state index in [-0.39, 0.29) is 18.5 Å². The molecule has 0 radical (unpaired) electrons. The Labute approximate surface area is 584 Å². The normalized spacial score (nSPS) is 12.4. The number of aliphatic hydroxyl groups excluding tert-OH is 2. The first-order valence-corrected chi connectivity index (χ1v) is 43.5. The minimum atomic E-state index is -0.842. The molecule has 93 heavy (non-hydrogen) atoms. The summed E-state index contributed by atoms with van der Waals surface area (Å²) < 4.78 is 5.52. The first-order valence-electron chi connectivity index (χ1n) is 43.5. The van der Waals surface area contributed by atoms with Crippen LogP contribution in [0.25, 0.3) is 0 Å². The number of nitrogens with one attached hydrogen (secondary N) is 1. The van der Waals surface area contributed by atoms with Gasteiger partial charge < -0.3 is 20.3 Å². The highest BCUT2D eigenvalue weighted by molar-refractivity contribution is 5.76. The first-order chi connectivity index (χ1) is 46.0. The molecule has 0 bridgehead atoms. The Morgan fingerprint density at radius 1 is 0.290 bits per heavy atom. The Hall–Kier alpha value is -1.40. The van der Waals surface area contributed by atoms with Crippen molar-refractivity contribution in [1.82, 2.24) is 5.32 Å². The van der Waals surface area contributed by atoms with E-state index < -0.39 is 12.1 Å². The van der Waals surface area contributed by atoms with Crippen molar-refractivity contribution in [3.8, 4) is 0 Å². The van der Waals surface area contributed by atoms with Crippen molar-refractivity contribution >= 4 is 11.9 Å². The lowest BCUT2D eigenvalue weighted by atomic mass is 10.0. The SMILES string of the molecule is CCCCCCCCCCCCCCCCCCCCCCC/C=C/C(O)C(CO)NC(=O)CCCCCCCCCCCCCCCCCCCCCCCCCCCCCCCCCCCCCOC(=O)CCCCCCCCCCCCCCCCCCCC. The predicted molar refractivity (Wildman–Crippen MR) is 412 cm³/mol. The van der Waals surface area contributed by atoms with Crippen LogP contribution >= 0.6 is 0 Å².